The Morgan fingerprint density at radius 3 is 2.41 bits per heavy atom. The third-order valence-electron chi connectivity index (χ3n) is 6.14. The molecule has 0 bridgehead atoms. The van der Waals surface area contributed by atoms with Gasteiger partial charge in [-0.05, 0) is 56.1 Å². The number of nitrogens with zero attached hydrogens (tertiary/aromatic N) is 3. The quantitative estimate of drug-likeness (QED) is 0.400. The summed E-state index contributed by atoms with van der Waals surface area (Å²) in [5, 5.41) is 8.04. The van der Waals surface area contributed by atoms with Crippen molar-refractivity contribution in [3.63, 3.8) is 0 Å². The maximum Gasteiger partial charge on any atom is 0.326 e. The molecule has 1 aliphatic rings. The number of aliphatic carboxylic acids is 1. The summed E-state index contributed by atoms with van der Waals surface area (Å²) in [6.45, 7) is 4.61. The number of fused-ring (bicyclic) bond motifs is 2. The minimum absolute atomic E-state index is 0.0475. The van der Waals surface area contributed by atoms with Gasteiger partial charge in [-0.1, -0.05) is 23.7 Å². The van der Waals surface area contributed by atoms with Crippen LogP contribution in [0.5, 0.6) is 0 Å². The smallest absolute Gasteiger partial charge is 0.326 e. The van der Waals surface area contributed by atoms with E-state index in [0.29, 0.717) is 11.6 Å². The average Bonchev–Trinajstić information content (AvgIpc) is 3.29. The number of rotatable bonds is 5. The molecule has 1 fully saturated rings. The summed E-state index contributed by atoms with van der Waals surface area (Å²) >= 11 is 6.05. The van der Waals surface area contributed by atoms with Crippen LogP contribution in [-0.2, 0) is 11.3 Å². The van der Waals surface area contributed by atoms with Crippen molar-refractivity contribution in [2.24, 2.45) is 0 Å². The number of imidazole rings is 2. The van der Waals surface area contributed by atoms with E-state index in [1.54, 1.807) is 6.07 Å². The second kappa shape index (κ2) is 10.3. The molecule has 34 heavy (non-hydrogen) atoms. The lowest BCUT2D eigenvalue weighted by atomic mass is 10.0. The highest BCUT2D eigenvalue weighted by Crippen LogP contribution is 2.26. The first-order chi connectivity index (χ1) is 16.3. The molecule has 2 aromatic heterocycles. The number of aromatic amines is 2. The first-order valence-corrected chi connectivity index (χ1v) is 11.7. The van der Waals surface area contributed by atoms with Gasteiger partial charge >= 0.3 is 11.4 Å². The van der Waals surface area contributed by atoms with Crippen LogP contribution >= 0.6 is 11.6 Å². The van der Waals surface area contributed by atoms with E-state index in [1.807, 2.05) is 45.5 Å². The number of piperidine rings is 1. The number of benzene rings is 2. The molecular formula is C24H28ClN5O4. The maximum absolute atomic E-state index is 12.5. The molecule has 2 aromatic carbocycles. The predicted octanol–water partition coefficient (Wildman–Crippen LogP) is 3.44. The molecule has 180 valence electrons. The van der Waals surface area contributed by atoms with Crippen LogP contribution in [0.1, 0.15) is 32.2 Å². The lowest BCUT2D eigenvalue weighted by Gasteiger charge is -2.32. The number of aromatic nitrogens is 4. The molecule has 0 unspecified atom stereocenters. The molecule has 10 heteroatoms. The van der Waals surface area contributed by atoms with Gasteiger partial charge < -0.3 is 20.0 Å². The van der Waals surface area contributed by atoms with Gasteiger partial charge in [-0.25, -0.2) is 9.59 Å². The number of carboxylic acid groups (broad SMARTS) is 1. The maximum atomic E-state index is 12.5. The normalized spacial score (nSPS) is 14.9. The first kappa shape index (κ1) is 23.8. The minimum Gasteiger partial charge on any atom is -0.481 e. The van der Waals surface area contributed by atoms with Gasteiger partial charge in [0, 0.05) is 37.6 Å². The molecule has 3 heterocycles. The Morgan fingerprint density at radius 2 is 1.68 bits per heavy atom. The number of carboxylic acids is 1. The number of para-hydroxylation sites is 2. The Morgan fingerprint density at radius 1 is 1.00 bits per heavy atom. The number of hydrogen-bond acceptors (Lipinski definition) is 4. The molecule has 0 atom stereocenters. The van der Waals surface area contributed by atoms with Crippen LogP contribution in [-0.4, -0.2) is 54.7 Å². The monoisotopic (exact) mass is 485 g/mol. The van der Waals surface area contributed by atoms with E-state index in [9.17, 15) is 9.59 Å². The van der Waals surface area contributed by atoms with Crippen LogP contribution in [0, 0.1) is 0 Å². The molecule has 1 aliphatic heterocycles. The van der Waals surface area contributed by atoms with Crippen LogP contribution in [0.4, 0.5) is 0 Å². The molecule has 4 aromatic rings. The number of carbonyl (C=O) groups is 1. The Balaban J connectivity index is 0.000000636. The fourth-order valence-corrected chi connectivity index (χ4v) is 4.82. The van der Waals surface area contributed by atoms with Crippen molar-refractivity contribution in [3.05, 3.63) is 68.5 Å². The number of hydrogen-bond donors (Lipinski definition) is 3. The molecule has 0 amide bonds. The molecule has 3 N–H and O–H groups in total. The standard InChI is InChI=1S/C22H24ClN5O2.C2H4O2/c23-15-6-7-20-18(14-15)25-22(30)28(20)16-8-12-26(13-9-16)10-3-11-27-19-5-2-1-4-17(19)24-21(27)29;1-2(3)4/h1-2,4-7,14,16H,3,8-13H2,(H,24,29)(H,25,30);1H3,(H,3,4). The van der Waals surface area contributed by atoms with Crippen LogP contribution < -0.4 is 11.4 Å². The van der Waals surface area contributed by atoms with Crippen molar-refractivity contribution < 1.29 is 9.90 Å². The van der Waals surface area contributed by atoms with Gasteiger partial charge in [0.25, 0.3) is 5.97 Å². The average molecular weight is 486 g/mol. The summed E-state index contributed by atoms with van der Waals surface area (Å²) in [5.74, 6) is -0.833. The van der Waals surface area contributed by atoms with Gasteiger partial charge in [0.15, 0.2) is 0 Å². The predicted molar refractivity (Wildman–Crippen MR) is 133 cm³/mol. The fourth-order valence-electron chi connectivity index (χ4n) is 4.65. The van der Waals surface area contributed by atoms with Crippen LogP contribution in [0.2, 0.25) is 5.02 Å². The molecule has 0 spiro atoms. The number of H-pyrrole nitrogens is 2. The SMILES string of the molecule is CC(=O)O.O=c1[nH]c2ccccc2n1CCCN1CCC(n2c(=O)[nH]c3cc(Cl)ccc32)CC1. The highest BCUT2D eigenvalue weighted by atomic mass is 35.5. The van der Waals surface area contributed by atoms with E-state index in [4.69, 9.17) is 21.5 Å². The zero-order chi connectivity index (χ0) is 24.2. The number of halogens is 1. The van der Waals surface area contributed by atoms with Gasteiger partial charge in [0.1, 0.15) is 0 Å². The van der Waals surface area contributed by atoms with Gasteiger partial charge in [-0.2, -0.15) is 0 Å². The van der Waals surface area contributed by atoms with Crippen LogP contribution in [0.3, 0.4) is 0 Å². The topological polar surface area (TPSA) is 116 Å². The lowest BCUT2D eigenvalue weighted by molar-refractivity contribution is -0.134. The highest BCUT2D eigenvalue weighted by molar-refractivity contribution is 6.31. The number of likely N-dealkylation sites (tertiary alicyclic amines) is 1. The first-order valence-electron chi connectivity index (χ1n) is 11.3. The largest absolute Gasteiger partial charge is 0.481 e. The summed E-state index contributed by atoms with van der Waals surface area (Å²) in [5.41, 5.74) is 3.44. The van der Waals surface area contributed by atoms with Crippen molar-refractivity contribution in [2.75, 3.05) is 19.6 Å². The molecule has 0 aliphatic carbocycles. The summed E-state index contributed by atoms with van der Waals surface area (Å²) in [4.78, 5) is 41.9. The summed E-state index contributed by atoms with van der Waals surface area (Å²) in [7, 11) is 0. The Kier molecular flexibility index (Phi) is 7.23. The van der Waals surface area contributed by atoms with Crippen molar-refractivity contribution >= 4 is 39.6 Å². The van der Waals surface area contributed by atoms with Gasteiger partial charge in [-0.3, -0.25) is 13.9 Å². The van der Waals surface area contributed by atoms with Crippen LogP contribution in [0.15, 0.2) is 52.1 Å². The Labute approximate surface area is 200 Å². The molecular weight excluding hydrogens is 458 g/mol. The molecule has 0 saturated carbocycles. The minimum atomic E-state index is -0.833. The fraction of sp³-hybridized carbons (Fsp3) is 0.375. The molecule has 5 rings (SSSR count). The Bertz CT molecular complexity index is 1400. The van der Waals surface area contributed by atoms with Gasteiger partial charge in [0.05, 0.1) is 22.1 Å². The van der Waals surface area contributed by atoms with Crippen LogP contribution in [0.25, 0.3) is 22.1 Å². The van der Waals surface area contributed by atoms with E-state index >= 15 is 0 Å². The third kappa shape index (κ3) is 5.26. The summed E-state index contributed by atoms with van der Waals surface area (Å²) < 4.78 is 3.70. The zero-order valence-electron chi connectivity index (χ0n) is 19.0. The third-order valence-corrected chi connectivity index (χ3v) is 6.37. The Hall–Kier alpha value is -3.30. The van der Waals surface area contributed by atoms with Crippen molar-refractivity contribution in [1.29, 1.82) is 0 Å². The second-order valence-corrected chi connectivity index (χ2v) is 8.94. The van der Waals surface area contributed by atoms with Crippen molar-refractivity contribution in [1.82, 2.24) is 24.0 Å². The van der Waals surface area contributed by atoms with E-state index < -0.39 is 5.97 Å². The summed E-state index contributed by atoms with van der Waals surface area (Å²) in [6.07, 6.45) is 2.78. The number of aryl methyl sites for hydroxylation is 1. The van der Waals surface area contributed by atoms with E-state index in [2.05, 4.69) is 14.9 Å². The van der Waals surface area contributed by atoms with Gasteiger partial charge in [0.2, 0.25) is 0 Å². The summed E-state index contributed by atoms with van der Waals surface area (Å²) in [6, 6.07) is 13.5. The van der Waals surface area contributed by atoms with E-state index in [0.717, 1.165) is 67.9 Å². The van der Waals surface area contributed by atoms with E-state index in [1.165, 1.54) is 0 Å². The zero-order valence-corrected chi connectivity index (χ0v) is 19.7. The molecule has 0 radical (unpaired) electrons. The highest BCUT2D eigenvalue weighted by Gasteiger charge is 2.23. The van der Waals surface area contributed by atoms with Gasteiger partial charge in [-0.15, -0.1) is 0 Å². The van der Waals surface area contributed by atoms with Crippen molar-refractivity contribution in [3.8, 4) is 0 Å². The lowest BCUT2D eigenvalue weighted by Crippen LogP contribution is -2.37. The number of nitrogens with one attached hydrogen (secondary N) is 2. The van der Waals surface area contributed by atoms with E-state index in [-0.39, 0.29) is 17.4 Å². The molecule has 9 nitrogen and oxygen atoms in total. The van der Waals surface area contributed by atoms with Crippen molar-refractivity contribution in [2.45, 2.75) is 38.8 Å². The molecule has 1 saturated heterocycles. The second-order valence-electron chi connectivity index (χ2n) is 8.51.